The van der Waals surface area contributed by atoms with E-state index in [2.05, 4.69) is 4.98 Å². The standard InChI is InChI=1S/C28H27FN2O6S/c29-22-16-21(28(32)11-14-35-15-12-28)17-23(18-22)36-13-10-25-31-26(19-4-2-1-3-5-19)27(37-25)20-6-8-24(9-7-20)38(30,33)34/h1-9,16-18,32H,10-15H2,(H2,30,33,34). The summed E-state index contributed by atoms with van der Waals surface area (Å²) >= 11 is 0. The van der Waals surface area contributed by atoms with Crippen LogP contribution >= 0.6 is 0 Å². The van der Waals surface area contributed by atoms with Gasteiger partial charge in [0.25, 0.3) is 0 Å². The molecule has 8 nitrogen and oxygen atoms in total. The third-order valence-electron chi connectivity index (χ3n) is 6.48. The highest BCUT2D eigenvalue weighted by molar-refractivity contribution is 7.89. The van der Waals surface area contributed by atoms with Crippen LogP contribution in [0.3, 0.4) is 0 Å². The number of aliphatic hydroxyl groups is 1. The molecule has 3 N–H and O–H groups in total. The van der Waals surface area contributed by atoms with E-state index in [0.29, 0.717) is 66.7 Å². The second kappa shape index (κ2) is 10.7. The van der Waals surface area contributed by atoms with E-state index in [9.17, 15) is 17.9 Å². The molecule has 0 atom stereocenters. The van der Waals surface area contributed by atoms with Gasteiger partial charge in [-0.3, -0.25) is 0 Å². The van der Waals surface area contributed by atoms with Gasteiger partial charge in [-0.2, -0.15) is 0 Å². The van der Waals surface area contributed by atoms with Crippen LogP contribution in [0.25, 0.3) is 22.6 Å². The SMILES string of the molecule is NS(=O)(=O)c1ccc(-c2oc(CCOc3cc(F)cc(C4(O)CCOCC4)c3)nc2-c2ccccc2)cc1. The van der Waals surface area contributed by atoms with E-state index in [4.69, 9.17) is 19.0 Å². The lowest BCUT2D eigenvalue weighted by atomic mass is 9.86. The van der Waals surface area contributed by atoms with Gasteiger partial charge < -0.3 is 19.0 Å². The third kappa shape index (κ3) is 5.78. The van der Waals surface area contributed by atoms with Gasteiger partial charge in [-0.05, 0) is 42.0 Å². The summed E-state index contributed by atoms with van der Waals surface area (Å²) in [6, 6.07) is 19.8. The Morgan fingerprint density at radius 1 is 1.00 bits per heavy atom. The van der Waals surface area contributed by atoms with Gasteiger partial charge in [0.1, 0.15) is 17.3 Å². The van der Waals surface area contributed by atoms with Crippen molar-refractivity contribution in [3.63, 3.8) is 0 Å². The summed E-state index contributed by atoms with van der Waals surface area (Å²) in [7, 11) is -3.83. The Labute approximate surface area is 219 Å². The van der Waals surface area contributed by atoms with E-state index in [1.54, 1.807) is 18.2 Å². The molecule has 0 amide bonds. The van der Waals surface area contributed by atoms with E-state index >= 15 is 0 Å². The number of oxazole rings is 1. The average Bonchev–Trinajstić information content (AvgIpc) is 3.33. The van der Waals surface area contributed by atoms with Crippen LogP contribution in [0.1, 0.15) is 24.3 Å². The van der Waals surface area contributed by atoms with Crippen molar-refractivity contribution in [3.8, 4) is 28.3 Å². The van der Waals surface area contributed by atoms with Gasteiger partial charge in [-0.25, -0.2) is 22.9 Å². The number of sulfonamides is 1. The molecule has 0 radical (unpaired) electrons. The Kier molecular flexibility index (Phi) is 7.31. The van der Waals surface area contributed by atoms with Crippen molar-refractivity contribution < 1.29 is 31.8 Å². The summed E-state index contributed by atoms with van der Waals surface area (Å²) < 4.78 is 54.8. The smallest absolute Gasteiger partial charge is 0.238 e. The van der Waals surface area contributed by atoms with Gasteiger partial charge in [-0.15, -0.1) is 0 Å². The zero-order chi connectivity index (χ0) is 26.8. The van der Waals surface area contributed by atoms with Crippen LogP contribution in [0.4, 0.5) is 4.39 Å². The molecule has 4 aromatic rings. The number of hydrogen-bond donors (Lipinski definition) is 2. The normalized spacial score (nSPS) is 15.3. The maximum atomic E-state index is 14.3. The molecule has 3 aromatic carbocycles. The first-order valence-electron chi connectivity index (χ1n) is 12.1. The molecule has 38 heavy (non-hydrogen) atoms. The maximum Gasteiger partial charge on any atom is 0.238 e. The van der Waals surface area contributed by atoms with E-state index in [0.717, 1.165) is 5.56 Å². The van der Waals surface area contributed by atoms with Gasteiger partial charge >= 0.3 is 0 Å². The van der Waals surface area contributed by atoms with Crippen molar-refractivity contribution in [1.82, 2.24) is 4.98 Å². The molecule has 1 aromatic heterocycles. The molecular weight excluding hydrogens is 511 g/mol. The number of halogens is 1. The van der Waals surface area contributed by atoms with Crippen LogP contribution in [-0.2, 0) is 26.8 Å². The lowest BCUT2D eigenvalue weighted by molar-refractivity contribution is -0.0681. The molecule has 5 rings (SSSR count). The molecule has 1 aliphatic rings. The molecule has 0 aliphatic carbocycles. The largest absolute Gasteiger partial charge is 0.493 e. The van der Waals surface area contributed by atoms with Crippen LogP contribution in [0, 0.1) is 5.82 Å². The first-order chi connectivity index (χ1) is 18.2. The minimum atomic E-state index is -3.83. The Bertz CT molecular complexity index is 1510. The minimum Gasteiger partial charge on any atom is -0.493 e. The van der Waals surface area contributed by atoms with Crippen LogP contribution in [0.2, 0.25) is 0 Å². The highest BCUT2D eigenvalue weighted by Crippen LogP contribution is 2.35. The van der Waals surface area contributed by atoms with Crippen LogP contribution in [0.15, 0.2) is 82.1 Å². The minimum absolute atomic E-state index is 0.00414. The van der Waals surface area contributed by atoms with Crippen molar-refractivity contribution in [1.29, 1.82) is 0 Å². The van der Waals surface area contributed by atoms with Gasteiger partial charge in [0, 0.05) is 43.2 Å². The fourth-order valence-corrected chi connectivity index (χ4v) is 4.94. The average molecular weight is 539 g/mol. The molecule has 1 saturated heterocycles. The van der Waals surface area contributed by atoms with Gasteiger partial charge in [0.05, 0.1) is 23.5 Å². The Balaban J connectivity index is 1.36. The summed E-state index contributed by atoms with van der Waals surface area (Å²) in [5.41, 5.74) is 1.37. The number of benzene rings is 3. The van der Waals surface area contributed by atoms with Gasteiger partial charge in [-0.1, -0.05) is 30.3 Å². The molecule has 2 heterocycles. The third-order valence-corrected chi connectivity index (χ3v) is 7.41. The lowest BCUT2D eigenvalue weighted by Gasteiger charge is -2.32. The highest BCUT2D eigenvalue weighted by Gasteiger charge is 2.32. The second-order valence-corrected chi connectivity index (χ2v) is 10.7. The predicted octanol–water partition coefficient (Wildman–Crippen LogP) is 4.41. The molecule has 0 bridgehead atoms. The summed E-state index contributed by atoms with van der Waals surface area (Å²) in [6.07, 6.45) is 1.06. The quantitative estimate of drug-likeness (QED) is 0.340. The van der Waals surface area contributed by atoms with Gasteiger partial charge in [0.15, 0.2) is 11.7 Å². The number of nitrogens with two attached hydrogens (primary N) is 1. The molecule has 0 unspecified atom stereocenters. The van der Waals surface area contributed by atoms with E-state index in [-0.39, 0.29) is 11.5 Å². The molecule has 1 aliphatic heterocycles. The Morgan fingerprint density at radius 3 is 2.39 bits per heavy atom. The van der Waals surface area contributed by atoms with Crippen LogP contribution < -0.4 is 9.88 Å². The molecular formula is C28H27FN2O6S. The summed E-state index contributed by atoms with van der Waals surface area (Å²) in [6.45, 7) is 0.970. The number of aromatic nitrogens is 1. The van der Waals surface area contributed by atoms with E-state index < -0.39 is 21.4 Å². The van der Waals surface area contributed by atoms with E-state index in [1.165, 1.54) is 24.3 Å². The highest BCUT2D eigenvalue weighted by atomic mass is 32.2. The summed E-state index contributed by atoms with van der Waals surface area (Å²) in [5, 5.41) is 16.2. The molecule has 0 saturated carbocycles. The first-order valence-corrected chi connectivity index (χ1v) is 13.7. The number of hydrogen-bond acceptors (Lipinski definition) is 7. The fraction of sp³-hybridized carbons (Fsp3) is 0.250. The molecule has 10 heteroatoms. The van der Waals surface area contributed by atoms with Crippen LogP contribution in [-0.4, -0.2) is 38.3 Å². The first kappa shape index (κ1) is 26.1. The summed E-state index contributed by atoms with van der Waals surface area (Å²) in [5.74, 6) is 0.676. The number of rotatable bonds is 8. The second-order valence-electron chi connectivity index (χ2n) is 9.14. The van der Waals surface area contributed by atoms with E-state index in [1.807, 2.05) is 30.3 Å². The van der Waals surface area contributed by atoms with Crippen molar-refractivity contribution in [3.05, 3.63) is 90.1 Å². The Hall–Kier alpha value is -3.57. The zero-order valence-electron chi connectivity index (χ0n) is 20.5. The van der Waals surface area contributed by atoms with Gasteiger partial charge in [0.2, 0.25) is 10.0 Å². The van der Waals surface area contributed by atoms with Crippen molar-refractivity contribution >= 4 is 10.0 Å². The molecule has 1 fully saturated rings. The fourth-order valence-electron chi connectivity index (χ4n) is 4.42. The number of nitrogens with zero attached hydrogens (tertiary/aromatic N) is 1. The van der Waals surface area contributed by atoms with Crippen molar-refractivity contribution in [2.45, 2.75) is 29.8 Å². The van der Waals surface area contributed by atoms with Crippen molar-refractivity contribution in [2.24, 2.45) is 5.14 Å². The topological polar surface area (TPSA) is 125 Å². The predicted molar refractivity (Wildman–Crippen MR) is 138 cm³/mol. The van der Waals surface area contributed by atoms with Crippen molar-refractivity contribution in [2.75, 3.05) is 19.8 Å². The summed E-state index contributed by atoms with van der Waals surface area (Å²) in [4.78, 5) is 4.66. The van der Waals surface area contributed by atoms with Crippen LogP contribution in [0.5, 0.6) is 5.75 Å². The Morgan fingerprint density at radius 2 is 1.71 bits per heavy atom. The number of ether oxygens (including phenoxy) is 2. The number of primary sulfonamides is 1. The maximum absolute atomic E-state index is 14.3. The molecule has 198 valence electrons. The monoisotopic (exact) mass is 538 g/mol. The molecule has 0 spiro atoms. The zero-order valence-corrected chi connectivity index (χ0v) is 21.3. The lowest BCUT2D eigenvalue weighted by Crippen LogP contribution is -2.33.